The van der Waals surface area contributed by atoms with Crippen LogP contribution < -0.4 is 0 Å². The maximum atomic E-state index is 13.6. The summed E-state index contributed by atoms with van der Waals surface area (Å²) in [5.41, 5.74) is 4.41. The van der Waals surface area contributed by atoms with Crippen molar-refractivity contribution >= 4 is 49.0 Å². The van der Waals surface area contributed by atoms with Crippen molar-refractivity contribution in [1.82, 2.24) is 19.7 Å². The number of thiophene rings is 1. The Balaban J connectivity index is 0.000000200. The average molecular weight is 695 g/mol. The number of aromatic nitrogens is 1. The highest BCUT2D eigenvalue weighted by Gasteiger charge is 2.47. The van der Waals surface area contributed by atoms with Crippen molar-refractivity contribution in [2.75, 3.05) is 44.7 Å². The SMILES string of the molecule is CC(=O)c1c(-c2cc(C)cc(C)c2)[nH]c2sc(C(C)(C)C(=O)N3C4CCC3CC4)cc12.CN1CCC(C(=O)N2CCS(=O)(=O)CC2)CC1. The number of aryl methyl sites for hydroxylation is 2. The number of sulfone groups is 1. The number of aromatic amines is 1. The zero-order chi connectivity index (χ0) is 34.5. The fraction of sp³-hybridized carbons (Fsp3) is 0.595. The normalized spacial score (nSPS) is 23.0. The number of piperidine rings is 1. The van der Waals surface area contributed by atoms with Crippen molar-refractivity contribution in [3.05, 3.63) is 45.8 Å². The monoisotopic (exact) mass is 694 g/mol. The third-order valence-corrected chi connectivity index (χ3v) is 13.9. The van der Waals surface area contributed by atoms with Crippen LogP contribution in [0.2, 0.25) is 0 Å². The molecular weight excluding hydrogens is 645 g/mol. The average Bonchev–Trinajstić information content (AvgIpc) is 3.81. The van der Waals surface area contributed by atoms with Gasteiger partial charge in [-0.05, 0) is 117 Å². The van der Waals surface area contributed by atoms with Gasteiger partial charge in [-0.25, -0.2) is 8.42 Å². The third kappa shape index (κ3) is 6.87. The van der Waals surface area contributed by atoms with Crippen LogP contribution in [0, 0.1) is 19.8 Å². The minimum absolute atomic E-state index is 0.0477. The molecule has 2 aromatic heterocycles. The summed E-state index contributed by atoms with van der Waals surface area (Å²) in [7, 11) is -0.827. The van der Waals surface area contributed by atoms with Gasteiger partial charge < -0.3 is 19.7 Å². The van der Waals surface area contributed by atoms with E-state index in [9.17, 15) is 22.8 Å². The first-order valence-corrected chi connectivity index (χ1v) is 20.0. The minimum Gasteiger partial charge on any atom is -0.346 e. The first kappa shape index (κ1) is 34.8. The highest BCUT2D eigenvalue weighted by molar-refractivity contribution is 7.91. The summed E-state index contributed by atoms with van der Waals surface area (Å²) in [6.45, 7) is 12.5. The summed E-state index contributed by atoms with van der Waals surface area (Å²) in [5.74, 6) is 0.809. The molecule has 0 spiro atoms. The Bertz CT molecular complexity index is 1780. The molecule has 1 aromatic carbocycles. The largest absolute Gasteiger partial charge is 0.346 e. The molecule has 1 N–H and O–H groups in total. The van der Waals surface area contributed by atoms with E-state index in [1.165, 1.54) is 11.1 Å². The molecule has 7 rings (SSSR count). The molecule has 2 amide bonds. The smallest absolute Gasteiger partial charge is 0.233 e. The van der Waals surface area contributed by atoms with E-state index in [2.05, 4.69) is 59.9 Å². The number of carbonyl (C=O) groups excluding carboxylic acids is 3. The number of rotatable bonds is 5. The number of H-pyrrole nitrogens is 1. The van der Waals surface area contributed by atoms with Crippen LogP contribution >= 0.6 is 11.3 Å². The van der Waals surface area contributed by atoms with Gasteiger partial charge in [0.1, 0.15) is 4.83 Å². The lowest BCUT2D eigenvalue weighted by Gasteiger charge is -2.34. The van der Waals surface area contributed by atoms with Crippen molar-refractivity contribution in [1.29, 1.82) is 0 Å². The molecule has 6 heterocycles. The molecule has 0 saturated carbocycles. The van der Waals surface area contributed by atoms with Gasteiger partial charge in [-0.15, -0.1) is 11.3 Å². The van der Waals surface area contributed by atoms with Crippen molar-refractivity contribution in [2.24, 2.45) is 5.92 Å². The molecule has 4 aliphatic heterocycles. The van der Waals surface area contributed by atoms with E-state index in [-0.39, 0.29) is 35.0 Å². The maximum Gasteiger partial charge on any atom is 0.233 e. The van der Waals surface area contributed by atoms with Crippen LogP contribution in [0.25, 0.3) is 21.5 Å². The highest BCUT2D eigenvalue weighted by Crippen LogP contribution is 2.44. The summed E-state index contributed by atoms with van der Waals surface area (Å²) in [6.07, 6.45) is 6.38. The number of hydrogen-bond donors (Lipinski definition) is 1. The minimum atomic E-state index is -2.89. The lowest BCUT2D eigenvalue weighted by Crippen LogP contribution is -2.48. The zero-order valence-electron chi connectivity index (χ0n) is 29.2. The van der Waals surface area contributed by atoms with Gasteiger partial charge >= 0.3 is 0 Å². The van der Waals surface area contributed by atoms with Gasteiger partial charge in [-0.3, -0.25) is 14.4 Å². The number of ketones is 1. The molecular formula is C37H50N4O5S2. The number of likely N-dealkylation sites (tertiary alicyclic amines) is 1. The van der Waals surface area contributed by atoms with Gasteiger partial charge in [-0.2, -0.15) is 0 Å². The summed E-state index contributed by atoms with van der Waals surface area (Å²) >= 11 is 1.61. The van der Waals surface area contributed by atoms with E-state index in [4.69, 9.17) is 0 Å². The predicted octanol–water partition coefficient (Wildman–Crippen LogP) is 5.73. The second kappa shape index (κ2) is 13.4. The molecule has 0 aliphatic carbocycles. The molecule has 0 atom stereocenters. The van der Waals surface area contributed by atoms with Crippen molar-refractivity contribution in [3.63, 3.8) is 0 Å². The molecule has 0 radical (unpaired) electrons. The number of carbonyl (C=O) groups is 3. The number of Topliss-reactive ketones (excluding diaryl/α,β-unsaturated/α-hetero) is 1. The van der Waals surface area contributed by atoms with Gasteiger partial charge in [0.15, 0.2) is 15.6 Å². The number of nitrogens with zero attached hydrogens (tertiary/aromatic N) is 3. The van der Waals surface area contributed by atoms with Crippen LogP contribution in [-0.4, -0.2) is 103 Å². The molecule has 4 aliphatic rings. The fourth-order valence-electron chi connectivity index (χ4n) is 8.11. The summed E-state index contributed by atoms with van der Waals surface area (Å²) in [6, 6.07) is 9.30. The fourth-order valence-corrected chi connectivity index (χ4v) is 10.5. The topological polar surface area (TPSA) is 111 Å². The Hall–Kier alpha value is -3.02. The lowest BCUT2D eigenvalue weighted by atomic mass is 9.88. The summed E-state index contributed by atoms with van der Waals surface area (Å²) in [4.78, 5) is 50.1. The molecule has 260 valence electrons. The molecule has 4 saturated heterocycles. The second-order valence-corrected chi connectivity index (χ2v) is 18.4. The van der Waals surface area contributed by atoms with E-state index in [0.717, 1.165) is 83.5 Å². The standard InChI is InChI=1S/C26H30N2O2S.C11H20N2O3S/c1-14-10-15(2)12-17(11-14)23-22(16(3)29)20-13-21(31-24(20)27-23)26(4,5)25(30)28-18-6-7-19(28)9-8-18;1-12-4-2-10(3-5-12)11(14)13-6-8-17(15,16)9-7-13/h10-13,18-19,27H,6-9H2,1-5H3;10H,2-9H2,1H3. The Morgan fingerprint density at radius 3 is 1.96 bits per heavy atom. The first-order valence-electron chi connectivity index (χ1n) is 17.4. The van der Waals surface area contributed by atoms with Crippen molar-refractivity contribution in [2.45, 2.75) is 90.6 Å². The lowest BCUT2D eigenvalue weighted by molar-refractivity contribution is -0.137. The van der Waals surface area contributed by atoms with Gasteiger partial charge in [0.05, 0.1) is 28.2 Å². The zero-order valence-corrected chi connectivity index (χ0v) is 30.9. The summed E-state index contributed by atoms with van der Waals surface area (Å²) in [5, 5.41) is 0.937. The van der Waals surface area contributed by atoms with Gasteiger partial charge in [0, 0.05) is 41.4 Å². The molecule has 2 bridgehead atoms. The number of hydrogen-bond acceptors (Lipinski definition) is 7. The van der Waals surface area contributed by atoms with Crippen molar-refractivity contribution in [3.8, 4) is 11.3 Å². The van der Waals surface area contributed by atoms with Crippen molar-refractivity contribution < 1.29 is 22.8 Å². The Morgan fingerprint density at radius 1 is 0.854 bits per heavy atom. The number of amides is 2. The number of fused-ring (bicyclic) bond motifs is 3. The second-order valence-electron chi connectivity index (χ2n) is 15.0. The Labute approximate surface area is 289 Å². The van der Waals surface area contributed by atoms with Crippen LogP contribution in [0.1, 0.15) is 85.7 Å². The predicted molar refractivity (Wildman–Crippen MR) is 192 cm³/mol. The Kier molecular flexibility index (Phi) is 9.69. The molecule has 3 aromatic rings. The van der Waals surface area contributed by atoms with Gasteiger partial charge in [0.25, 0.3) is 0 Å². The van der Waals surface area contributed by atoms with E-state index in [1.807, 2.05) is 13.8 Å². The van der Waals surface area contributed by atoms with Gasteiger partial charge in [0.2, 0.25) is 11.8 Å². The molecule has 48 heavy (non-hydrogen) atoms. The van der Waals surface area contributed by atoms with Crippen LogP contribution in [-0.2, 0) is 24.8 Å². The molecule has 4 fully saturated rings. The molecule has 9 nitrogen and oxygen atoms in total. The third-order valence-electron chi connectivity index (χ3n) is 10.9. The number of benzene rings is 1. The number of nitrogens with one attached hydrogen (secondary N) is 1. The van der Waals surface area contributed by atoms with E-state index < -0.39 is 15.3 Å². The quantitative estimate of drug-likeness (QED) is 0.342. The highest BCUT2D eigenvalue weighted by atomic mass is 32.2. The van der Waals surface area contributed by atoms with Crippen LogP contribution in [0.3, 0.4) is 0 Å². The van der Waals surface area contributed by atoms with E-state index >= 15 is 0 Å². The maximum absolute atomic E-state index is 13.6. The molecule has 11 heteroatoms. The van der Waals surface area contributed by atoms with E-state index in [0.29, 0.717) is 25.2 Å². The molecule has 0 unspecified atom stereocenters. The summed E-state index contributed by atoms with van der Waals surface area (Å²) < 4.78 is 22.6. The van der Waals surface area contributed by atoms with E-state index in [1.54, 1.807) is 23.2 Å². The van der Waals surface area contributed by atoms with Crippen LogP contribution in [0.4, 0.5) is 0 Å². The Morgan fingerprint density at radius 2 is 1.42 bits per heavy atom. The van der Waals surface area contributed by atoms with Crippen LogP contribution in [0.5, 0.6) is 0 Å². The van der Waals surface area contributed by atoms with Gasteiger partial charge in [-0.1, -0.05) is 17.2 Å². The first-order chi connectivity index (χ1) is 22.6. The van der Waals surface area contributed by atoms with Crippen LogP contribution in [0.15, 0.2) is 24.3 Å².